The van der Waals surface area contributed by atoms with Crippen LogP contribution in [0.15, 0.2) is 4.99 Å². The molecule has 5 heteroatoms. The van der Waals surface area contributed by atoms with Crippen LogP contribution in [0.4, 0.5) is 0 Å². The second-order valence-electron chi connectivity index (χ2n) is 6.90. The monoisotopic (exact) mass is 283 g/mol. The van der Waals surface area contributed by atoms with Gasteiger partial charge in [-0.25, -0.2) is 9.79 Å². The number of carbonyl (C=O) groups excluding carboxylic acids is 1. The molecule has 1 fully saturated rings. The van der Waals surface area contributed by atoms with Crippen molar-refractivity contribution in [2.24, 2.45) is 16.3 Å². The number of hydrogen-bond donors (Lipinski definition) is 0. The van der Waals surface area contributed by atoms with Crippen molar-refractivity contribution in [3.63, 3.8) is 0 Å². The van der Waals surface area contributed by atoms with Crippen molar-refractivity contribution in [2.75, 3.05) is 20.8 Å². The van der Waals surface area contributed by atoms with Gasteiger partial charge in [0.15, 0.2) is 11.1 Å². The molecule has 5 nitrogen and oxygen atoms in total. The molecule has 114 valence electrons. The number of esters is 1. The smallest absolute Gasteiger partial charge is 0.335 e. The van der Waals surface area contributed by atoms with Gasteiger partial charge in [0.25, 0.3) is 0 Å². The summed E-state index contributed by atoms with van der Waals surface area (Å²) in [4.78, 5) is 17.1. The van der Waals surface area contributed by atoms with E-state index in [1.54, 1.807) is 14.2 Å². The molecule has 1 saturated carbocycles. The average Bonchev–Trinajstić information content (AvgIpc) is 3.05. The molecule has 2 aliphatic rings. The minimum atomic E-state index is -0.821. The highest BCUT2D eigenvalue weighted by molar-refractivity contribution is 5.98. The molecule has 0 aromatic rings. The Labute approximate surface area is 120 Å². The van der Waals surface area contributed by atoms with Crippen LogP contribution in [0.3, 0.4) is 0 Å². The summed E-state index contributed by atoms with van der Waals surface area (Å²) < 4.78 is 16.3. The zero-order valence-electron chi connectivity index (χ0n) is 13.3. The quantitative estimate of drug-likeness (QED) is 0.745. The number of methoxy groups -OCH3 is 2. The van der Waals surface area contributed by atoms with Crippen LogP contribution in [0.2, 0.25) is 0 Å². The maximum Gasteiger partial charge on any atom is 0.335 e. The van der Waals surface area contributed by atoms with Crippen LogP contribution in [0.25, 0.3) is 0 Å². The lowest BCUT2D eigenvalue weighted by Gasteiger charge is -2.44. The molecule has 0 radical (unpaired) electrons. The Hall–Kier alpha value is -1.10. The molecule has 1 aliphatic heterocycles. The predicted molar refractivity (Wildman–Crippen MR) is 75.7 cm³/mol. The van der Waals surface area contributed by atoms with E-state index >= 15 is 0 Å². The molecule has 0 amide bonds. The summed E-state index contributed by atoms with van der Waals surface area (Å²) in [6.07, 6.45) is 1.54. The van der Waals surface area contributed by atoms with Gasteiger partial charge in [-0.05, 0) is 19.8 Å². The number of nitrogens with zero attached hydrogens (tertiary/aromatic N) is 1. The van der Waals surface area contributed by atoms with Gasteiger partial charge in [0.1, 0.15) is 0 Å². The number of aliphatic imine (C=N–C) groups is 1. The van der Waals surface area contributed by atoms with Crippen molar-refractivity contribution in [3.8, 4) is 0 Å². The first-order chi connectivity index (χ1) is 9.21. The normalized spacial score (nSPS) is 36.6. The average molecular weight is 283 g/mol. The second kappa shape index (κ2) is 4.72. The van der Waals surface area contributed by atoms with Gasteiger partial charge in [-0.2, -0.15) is 0 Å². The van der Waals surface area contributed by atoms with E-state index in [2.05, 4.69) is 4.99 Å². The number of hydrogen-bond acceptors (Lipinski definition) is 5. The molecule has 0 bridgehead atoms. The van der Waals surface area contributed by atoms with Crippen molar-refractivity contribution in [2.45, 2.75) is 51.7 Å². The van der Waals surface area contributed by atoms with Gasteiger partial charge in [0, 0.05) is 25.0 Å². The number of cyclic esters (lactones) is 1. The summed E-state index contributed by atoms with van der Waals surface area (Å²) >= 11 is 0. The Morgan fingerprint density at radius 2 is 2.05 bits per heavy atom. The second-order valence-corrected chi connectivity index (χ2v) is 6.90. The van der Waals surface area contributed by atoms with Crippen molar-refractivity contribution >= 4 is 11.9 Å². The van der Waals surface area contributed by atoms with Crippen molar-refractivity contribution in [1.82, 2.24) is 0 Å². The van der Waals surface area contributed by atoms with E-state index in [1.165, 1.54) is 0 Å². The summed E-state index contributed by atoms with van der Waals surface area (Å²) in [6.45, 7) is 8.55. The van der Waals surface area contributed by atoms with Gasteiger partial charge in [0.2, 0.25) is 5.90 Å². The standard InChI is InChI=1S/C15H25NO4/c1-13(2,3)14(4)11(19-6)16-15(12(17)20-14)9-10(15)7-8-18-5/h10H,7-9H2,1-6H3/t10-,14-,15+/m0/s1. The predicted octanol–water partition coefficient (Wildman–Crippen LogP) is 2.19. The Morgan fingerprint density at radius 3 is 2.55 bits per heavy atom. The maximum atomic E-state index is 12.4. The van der Waals surface area contributed by atoms with Crippen molar-refractivity contribution in [3.05, 3.63) is 0 Å². The fraction of sp³-hybridized carbons (Fsp3) is 0.867. The summed E-state index contributed by atoms with van der Waals surface area (Å²) in [6, 6.07) is 0. The summed E-state index contributed by atoms with van der Waals surface area (Å²) in [5, 5.41) is 0. The van der Waals surface area contributed by atoms with E-state index in [4.69, 9.17) is 14.2 Å². The van der Waals surface area contributed by atoms with E-state index in [-0.39, 0.29) is 17.3 Å². The molecular formula is C15H25NO4. The van der Waals surface area contributed by atoms with Crippen LogP contribution >= 0.6 is 0 Å². The van der Waals surface area contributed by atoms with Gasteiger partial charge < -0.3 is 14.2 Å². The van der Waals surface area contributed by atoms with Crippen LogP contribution in [0.5, 0.6) is 0 Å². The number of rotatable bonds is 3. The zero-order valence-corrected chi connectivity index (χ0v) is 13.3. The molecular weight excluding hydrogens is 258 g/mol. The molecule has 0 saturated heterocycles. The molecule has 0 aromatic carbocycles. The molecule has 3 atom stereocenters. The van der Waals surface area contributed by atoms with E-state index < -0.39 is 11.1 Å². The number of carbonyl (C=O) groups is 1. The van der Waals surface area contributed by atoms with Crippen molar-refractivity contribution < 1.29 is 19.0 Å². The third kappa shape index (κ3) is 2.12. The SMILES string of the molecule is COCC[C@H]1C[C@@]12N=C(OC)[C@@](C)(C(C)(C)C)OC2=O. The van der Waals surface area contributed by atoms with Crippen LogP contribution < -0.4 is 0 Å². The van der Waals surface area contributed by atoms with Gasteiger partial charge in [0.05, 0.1) is 7.11 Å². The molecule has 0 N–H and O–H groups in total. The first kappa shape index (κ1) is 15.3. The summed E-state index contributed by atoms with van der Waals surface area (Å²) in [5.74, 6) is 0.492. The van der Waals surface area contributed by atoms with Gasteiger partial charge >= 0.3 is 5.97 Å². The summed E-state index contributed by atoms with van der Waals surface area (Å²) in [5.41, 5.74) is -1.83. The van der Waals surface area contributed by atoms with Crippen LogP contribution in [-0.4, -0.2) is 43.8 Å². The molecule has 1 aliphatic carbocycles. The highest BCUT2D eigenvalue weighted by Crippen LogP contribution is 2.54. The Bertz CT molecular complexity index is 440. The van der Waals surface area contributed by atoms with E-state index in [9.17, 15) is 4.79 Å². The fourth-order valence-corrected chi connectivity index (χ4v) is 2.67. The third-order valence-electron chi connectivity index (χ3n) is 4.73. The Balaban J connectivity index is 2.30. The highest BCUT2D eigenvalue weighted by Gasteiger charge is 2.67. The molecule has 0 aromatic heterocycles. The zero-order chi connectivity index (χ0) is 15.2. The first-order valence-electron chi connectivity index (χ1n) is 7.08. The topological polar surface area (TPSA) is 57.1 Å². The third-order valence-corrected chi connectivity index (χ3v) is 4.73. The van der Waals surface area contributed by atoms with Gasteiger partial charge in [-0.3, -0.25) is 0 Å². The molecule has 2 rings (SSSR count). The lowest BCUT2D eigenvalue weighted by molar-refractivity contribution is -0.168. The first-order valence-corrected chi connectivity index (χ1v) is 7.08. The van der Waals surface area contributed by atoms with Crippen molar-refractivity contribution in [1.29, 1.82) is 0 Å². The minimum absolute atomic E-state index is 0.199. The van der Waals surface area contributed by atoms with E-state index in [0.717, 1.165) is 12.8 Å². The molecule has 20 heavy (non-hydrogen) atoms. The van der Waals surface area contributed by atoms with E-state index in [1.807, 2.05) is 27.7 Å². The Morgan fingerprint density at radius 1 is 1.40 bits per heavy atom. The van der Waals surface area contributed by atoms with Gasteiger partial charge in [-0.15, -0.1) is 0 Å². The minimum Gasteiger partial charge on any atom is -0.481 e. The fourth-order valence-electron chi connectivity index (χ4n) is 2.67. The van der Waals surface area contributed by atoms with Crippen LogP contribution in [0.1, 0.15) is 40.5 Å². The van der Waals surface area contributed by atoms with Gasteiger partial charge in [-0.1, -0.05) is 20.8 Å². The van der Waals surface area contributed by atoms with Crippen LogP contribution in [0, 0.1) is 11.3 Å². The molecule has 1 spiro atoms. The Kier molecular flexibility index (Phi) is 3.61. The maximum absolute atomic E-state index is 12.4. The molecule has 0 unspecified atom stereocenters. The largest absolute Gasteiger partial charge is 0.481 e. The van der Waals surface area contributed by atoms with Crippen LogP contribution in [-0.2, 0) is 19.0 Å². The molecule has 1 heterocycles. The van der Waals surface area contributed by atoms with E-state index in [0.29, 0.717) is 12.5 Å². The number of ether oxygens (including phenoxy) is 3. The lowest BCUT2D eigenvalue weighted by atomic mass is 9.76. The summed E-state index contributed by atoms with van der Waals surface area (Å²) in [7, 11) is 3.25. The lowest BCUT2D eigenvalue weighted by Crippen LogP contribution is -2.57. The highest BCUT2D eigenvalue weighted by atomic mass is 16.6.